The van der Waals surface area contributed by atoms with Crippen LogP contribution in [0.1, 0.15) is 20.3 Å². The Bertz CT molecular complexity index is 247. The largest absolute Gasteiger partial charge is 0.300 e. The van der Waals surface area contributed by atoms with Gasteiger partial charge in [-0.1, -0.05) is 25.2 Å². The molecule has 1 rings (SSSR count). The number of nitrogens with zero attached hydrogens (tertiary/aromatic N) is 2. The molecule has 5 heteroatoms. The quantitative estimate of drug-likeness (QED) is 0.776. The predicted molar refractivity (Wildman–Crippen MR) is 48.0 cm³/mol. The molecular formula is C7H11N3OS. The van der Waals surface area contributed by atoms with E-state index in [1.54, 1.807) is 5.51 Å². The number of nitrogens with one attached hydrogen (secondary N) is 1. The Labute approximate surface area is 75.0 Å². The second kappa shape index (κ2) is 4.15. The summed E-state index contributed by atoms with van der Waals surface area (Å²) in [5.74, 6) is 0.0446. The Hall–Kier alpha value is -0.970. The van der Waals surface area contributed by atoms with Gasteiger partial charge in [-0.3, -0.25) is 4.79 Å². The van der Waals surface area contributed by atoms with Crippen LogP contribution in [0.5, 0.6) is 0 Å². The third-order valence-electron chi connectivity index (χ3n) is 1.65. The fraction of sp³-hybridized carbons (Fsp3) is 0.571. The van der Waals surface area contributed by atoms with Gasteiger partial charge < -0.3 is 5.32 Å². The Morgan fingerprint density at radius 2 is 2.58 bits per heavy atom. The van der Waals surface area contributed by atoms with Crippen LogP contribution in [0.15, 0.2) is 5.51 Å². The minimum atomic E-state index is 0.00856. The first-order valence-corrected chi connectivity index (χ1v) is 4.69. The molecule has 1 heterocycles. The third-order valence-corrected chi connectivity index (χ3v) is 2.26. The fourth-order valence-corrected chi connectivity index (χ4v) is 1.09. The average Bonchev–Trinajstić information content (AvgIpc) is 2.55. The van der Waals surface area contributed by atoms with Crippen LogP contribution < -0.4 is 5.32 Å². The van der Waals surface area contributed by atoms with E-state index in [1.165, 1.54) is 11.3 Å². The molecule has 0 radical (unpaired) electrons. The zero-order valence-electron chi connectivity index (χ0n) is 7.07. The van der Waals surface area contributed by atoms with Gasteiger partial charge in [0, 0.05) is 5.92 Å². The first-order chi connectivity index (χ1) is 5.74. The van der Waals surface area contributed by atoms with Crippen molar-refractivity contribution in [1.82, 2.24) is 10.2 Å². The standard InChI is InChI=1S/C7H11N3OS/c1-3-5(2)6(11)9-7-10-8-4-12-7/h4-5H,3H2,1-2H3,(H,9,10,11). The van der Waals surface area contributed by atoms with Gasteiger partial charge in [0.15, 0.2) is 0 Å². The van der Waals surface area contributed by atoms with Crippen molar-refractivity contribution < 1.29 is 4.79 Å². The van der Waals surface area contributed by atoms with Gasteiger partial charge in [0.2, 0.25) is 11.0 Å². The third kappa shape index (κ3) is 2.27. The Kier molecular flexibility index (Phi) is 3.16. The fourth-order valence-electron chi connectivity index (χ4n) is 0.642. The smallest absolute Gasteiger partial charge is 0.229 e. The second-order valence-electron chi connectivity index (χ2n) is 2.54. The molecule has 0 aliphatic heterocycles. The molecule has 1 atom stereocenters. The molecule has 0 aliphatic rings. The molecule has 1 aromatic heterocycles. The first kappa shape index (κ1) is 9.12. The average molecular weight is 185 g/mol. The van der Waals surface area contributed by atoms with Gasteiger partial charge in [-0.25, -0.2) is 0 Å². The lowest BCUT2D eigenvalue weighted by atomic mass is 10.1. The number of anilines is 1. The van der Waals surface area contributed by atoms with Crippen molar-refractivity contribution in [2.45, 2.75) is 20.3 Å². The molecule has 0 spiro atoms. The van der Waals surface area contributed by atoms with E-state index in [0.29, 0.717) is 5.13 Å². The van der Waals surface area contributed by atoms with Crippen molar-refractivity contribution in [1.29, 1.82) is 0 Å². The van der Waals surface area contributed by atoms with Crippen LogP contribution in [0, 0.1) is 5.92 Å². The highest BCUT2D eigenvalue weighted by molar-refractivity contribution is 7.13. The van der Waals surface area contributed by atoms with Gasteiger partial charge in [-0.05, 0) is 6.42 Å². The number of carbonyl (C=O) groups is 1. The van der Waals surface area contributed by atoms with Crippen LogP contribution in [-0.2, 0) is 4.79 Å². The molecule has 0 fully saturated rings. The highest BCUT2D eigenvalue weighted by atomic mass is 32.1. The van der Waals surface area contributed by atoms with Crippen molar-refractivity contribution in [2.24, 2.45) is 5.92 Å². The van der Waals surface area contributed by atoms with Crippen LogP contribution in [-0.4, -0.2) is 16.1 Å². The molecule has 1 unspecified atom stereocenters. The normalized spacial score (nSPS) is 12.5. The minimum Gasteiger partial charge on any atom is -0.300 e. The maximum absolute atomic E-state index is 11.3. The lowest BCUT2D eigenvalue weighted by Gasteiger charge is -2.05. The first-order valence-electron chi connectivity index (χ1n) is 3.81. The number of amides is 1. The summed E-state index contributed by atoms with van der Waals surface area (Å²) >= 11 is 1.32. The number of hydrogen-bond acceptors (Lipinski definition) is 4. The molecular weight excluding hydrogens is 174 g/mol. The SMILES string of the molecule is CCC(C)C(=O)Nc1nncs1. The molecule has 0 saturated heterocycles. The summed E-state index contributed by atoms with van der Waals surface area (Å²) in [5, 5.41) is 10.6. The van der Waals surface area contributed by atoms with Crippen molar-refractivity contribution in [3.63, 3.8) is 0 Å². The van der Waals surface area contributed by atoms with E-state index < -0.39 is 0 Å². The van der Waals surface area contributed by atoms with Crippen LogP contribution in [0.3, 0.4) is 0 Å². The summed E-state index contributed by atoms with van der Waals surface area (Å²) in [7, 11) is 0. The van der Waals surface area contributed by atoms with Crippen molar-refractivity contribution in [3.8, 4) is 0 Å². The van der Waals surface area contributed by atoms with E-state index in [2.05, 4.69) is 15.5 Å². The lowest BCUT2D eigenvalue weighted by molar-refractivity contribution is -0.119. The Balaban J connectivity index is 2.47. The molecule has 0 saturated carbocycles. The van der Waals surface area contributed by atoms with E-state index in [0.717, 1.165) is 6.42 Å². The van der Waals surface area contributed by atoms with Crippen LogP contribution in [0.25, 0.3) is 0 Å². The maximum Gasteiger partial charge on any atom is 0.229 e. The monoisotopic (exact) mass is 185 g/mol. The molecule has 1 aromatic rings. The summed E-state index contributed by atoms with van der Waals surface area (Å²) in [4.78, 5) is 11.3. The Morgan fingerprint density at radius 1 is 1.83 bits per heavy atom. The molecule has 12 heavy (non-hydrogen) atoms. The van der Waals surface area contributed by atoms with E-state index in [-0.39, 0.29) is 11.8 Å². The van der Waals surface area contributed by atoms with Crippen LogP contribution in [0.4, 0.5) is 5.13 Å². The van der Waals surface area contributed by atoms with E-state index >= 15 is 0 Å². The summed E-state index contributed by atoms with van der Waals surface area (Å²) in [6.07, 6.45) is 0.838. The number of hydrogen-bond donors (Lipinski definition) is 1. The lowest BCUT2D eigenvalue weighted by Crippen LogP contribution is -2.19. The topological polar surface area (TPSA) is 54.9 Å². The highest BCUT2D eigenvalue weighted by Gasteiger charge is 2.11. The van der Waals surface area contributed by atoms with Crippen molar-refractivity contribution in [3.05, 3.63) is 5.51 Å². The van der Waals surface area contributed by atoms with Crippen molar-refractivity contribution >= 4 is 22.4 Å². The van der Waals surface area contributed by atoms with Gasteiger partial charge in [0.1, 0.15) is 5.51 Å². The van der Waals surface area contributed by atoms with Gasteiger partial charge in [-0.15, -0.1) is 10.2 Å². The number of rotatable bonds is 3. The number of aromatic nitrogens is 2. The molecule has 0 bridgehead atoms. The maximum atomic E-state index is 11.3. The molecule has 1 amide bonds. The second-order valence-corrected chi connectivity index (χ2v) is 3.38. The summed E-state index contributed by atoms with van der Waals surface area (Å²) in [5.41, 5.74) is 1.59. The minimum absolute atomic E-state index is 0.00856. The number of carbonyl (C=O) groups excluding carboxylic acids is 1. The molecule has 0 aromatic carbocycles. The summed E-state index contributed by atoms with van der Waals surface area (Å²) in [6.45, 7) is 3.86. The van der Waals surface area contributed by atoms with Crippen LogP contribution >= 0.6 is 11.3 Å². The molecule has 4 nitrogen and oxygen atoms in total. The zero-order chi connectivity index (χ0) is 8.97. The van der Waals surface area contributed by atoms with Gasteiger partial charge in [0.25, 0.3) is 0 Å². The predicted octanol–water partition coefficient (Wildman–Crippen LogP) is 1.52. The van der Waals surface area contributed by atoms with Gasteiger partial charge in [-0.2, -0.15) is 0 Å². The van der Waals surface area contributed by atoms with E-state index in [9.17, 15) is 4.79 Å². The van der Waals surface area contributed by atoms with E-state index in [4.69, 9.17) is 0 Å². The Morgan fingerprint density at radius 3 is 3.08 bits per heavy atom. The molecule has 0 aliphatic carbocycles. The van der Waals surface area contributed by atoms with Gasteiger partial charge in [0.05, 0.1) is 0 Å². The molecule has 1 N–H and O–H groups in total. The summed E-state index contributed by atoms with van der Waals surface area (Å²) < 4.78 is 0. The van der Waals surface area contributed by atoms with E-state index in [1.807, 2.05) is 13.8 Å². The molecule has 66 valence electrons. The zero-order valence-corrected chi connectivity index (χ0v) is 7.89. The summed E-state index contributed by atoms with van der Waals surface area (Å²) in [6, 6.07) is 0. The van der Waals surface area contributed by atoms with Crippen molar-refractivity contribution in [2.75, 3.05) is 5.32 Å². The van der Waals surface area contributed by atoms with Gasteiger partial charge >= 0.3 is 0 Å². The van der Waals surface area contributed by atoms with Crippen LogP contribution in [0.2, 0.25) is 0 Å². The highest BCUT2D eigenvalue weighted by Crippen LogP contribution is 2.10.